The van der Waals surface area contributed by atoms with Crippen LogP contribution in [0, 0.1) is 17.1 Å². The molecule has 6 heteroatoms. The number of anilines is 1. The van der Waals surface area contributed by atoms with E-state index in [1.807, 2.05) is 0 Å². The van der Waals surface area contributed by atoms with Crippen molar-refractivity contribution in [3.63, 3.8) is 0 Å². The fraction of sp³-hybridized carbons (Fsp3) is 0.0556. The van der Waals surface area contributed by atoms with Crippen molar-refractivity contribution in [3.8, 4) is 6.07 Å². The third kappa shape index (κ3) is 4.27. The number of carbonyl (C=O) groups is 2. The van der Waals surface area contributed by atoms with Gasteiger partial charge in [-0.1, -0.05) is 12.1 Å². The van der Waals surface area contributed by atoms with Crippen LogP contribution < -0.4 is 5.32 Å². The van der Waals surface area contributed by atoms with Crippen LogP contribution in [0.2, 0.25) is 0 Å². The van der Waals surface area contributed by atoms with E-state index in [0.717, 1.165) is 0 Å². The number of ether oxygens (including phenoxy) is 1. The molecule has 0 atom stereocenters. The summed E-state index contributed by atoms with van der Waals surface area (Å²) in [6, 6.07) is 13.3. The topological polar surface area (TPSA) is 79.2 Å². The summed E-state index contributed by atoms with van der Waals surface area (Å²) in [5.74, 6) is -1.49. The van der Waals surface area contributed by atoms with Gasteiger partial charge >= 0.3 is 5.97 Å². The Kier molecular flexibility index (Phi) is 5.42. The molecule has 1 N–H and O–H groups in total. The summed E-state index contributed by atoms with van der Waals surface area (Å²) in [5.41, 5.74) is 1.17. The molecule has 0 spiro atoms. The molecule has 0 heterocycles. The van der Waals surface area contributed by atoms with Crippen molar-refractivity contribution >= 4 is 23.6 Å². The number of nitrogens with zero attached hydrogens (tertiary/aromatic N) is 1. The second-order valence-electron chi connectivity index (χ2n) is 4.74. The molecule has 2 aromatic rings. The Morgan fingerprint density at radius 3 is 2.29 bits per heavy atom. The smallest absolute Gasteiger partial charge is 0.337 e. The van der Waals surface area contributed by atoms with Crippen LogP contribution in [-0.4, -0.2) is 19.0 Å². The van der Waals surface area contributed by atoms with Gasteiger partial charge in [-0.25, -0.2) is 9.18 Å². The first-order chi connectivity index (χ1) is 11.5. The molecule has 0 unspecified atom stereocenters. The van der Waals surface area contributed by atoms with Crippen LogP contribution in [0.15, 0.2) is 54.1 Å². The number of halogens is 1. The lowest BCUT2D eigenvalue weighted by molar-refractivity contribution is -0.112. The van der Waals surface area contributed by atoms with Crippen LogP contribution in [-0.2, 0) is 9.53 Å². The minimum atomic E-state index is -0.604. The van der Waals surface area contributed by atoms with E-state index in [9.17, 15) is 14.0 Å². The van der Waals surface area contributed by atoms with Crippen molar-refractivity contribution in [2.75, 3.05) is 12.4 Å². The normalized spacial score (nSPS) is 10.6. The zero-order valence-corrected chi connectivity index (χ0v) is 12.7. The van der Waals surface area contributed by atoms with Gasteiger partial charge in [0.05, 0.1) is 12.7 Å². The van der Waals surface area contributed by atoms with Gasteiger partial charge in [0.25, 0.3) is 5.91 Å². The predicted molar refractivity (Wildman–Crippen MR) is 86.4 cm³/mol. The molecule has 0 aliphatic rings. The molecule has 0 radical (unpaired) electrons. The molecule has 0 fully saturated rings. The maximum Gasteiger partial charge on any atom is 0.337 e. The monoisotopic (exact) mass is 324 g/mol. The Bertz CT molecular complexity index is 819. The number of rotatable bonds is 4. The average Bonchev–Trinajstić information content (AvgIpc) is 2.61. The number of benzene rings is 2. The van der Waals surface area contributed by atoms with Gasteiger partial charge in [0.15, 0.2) is 0 Å². The molecule has 0 aliphatic heterocycles. The van der Waals surface area contributed by atoms with Crippen molar-refractivity contribution < 1.29 is 18.7 Å². The fourth-order valence-electron chi connectivity index (χ4n) is 1.88. The summed E-state index contributed by atoms with van der Waals surface area (Å²) in [5, 5.41) is 11.7. The summed E-state index contributed by atoms with van der Waals surface area (Å²) >= 11 is 0. The second kappa shape index (κ2) is 7.70. The number of hydrogen-bond donors (Lipinski definition) is 1. The lowest BCUT2D eigenvalue weighted by atomic mass is 10.1. The number of nitriles is 1. The first kappa shape index (κ1) is 16.9. The van der Waals surface area contributed by atoms with Gasteiger partial charge in [-0.15, -0.1) is 0 Å². The van der Waals surface area contributed by atoms with Gasteiger partial charge < -0.3 is 10.1 Å². The number of carbonyl (C=O) groups excluding carboxylic acids is 2. The van der Waals surface area contributed by atoms with E-state index in [1.165, 1.54) is 61.7 Å². The Labute approximate surface area is 138 Å². The lowest BCUT2D eigenvalue weighted by Gasteiger charge is -2.05. The van der Waals surface area contributed by atoms with E-state index in [2.05, 4.69) is 10.1 Å². The van der Waals surface area contributed by atoms with E-state index in [-0.39, 0.29) is 5.57 Å². The Morgan fingerprint density at radius 2 is 1.75 bits per heavy atom. The van der Waals surface area contributed by atoms with Gasteiger partial charge in [0.2, 0.25) is 0 Å². The molecule has 120 valence electrons. The number of hydrogen-bond acceptors (Lipinski definition) is 4. The molecule has 2 aromatic carbocycles. The highest BCUT2D eigenvalue weighted by molar-refractivity contribution is 6.09. The highest BCUT2D eigenvalue weighted by Gasteiger charge is 2.10. The lowest BCUT2D eigenvalue weighted by Crippen LogP contribution is -2.13. The molecular formula is C18H13FN2O3. The summed E-state index contributed by atoms with van der Waals surface area (Å²) in [6.07, 6.45) is 1.36. The molecular weight excluding hydrogens is 311 g/mol. The quantitative estimate of drug-likeness (QED) is 0.532. The third-order valence-corrected chi connectivity index (χ3v) is 3.11. The fourth-order valence-corrected chi connectivity index (χ4v) is 1.88. The standard InChI is InChI=1S/C18H13FN2O3/c1-24-18(23)13-4-8-16(9-5-13)21-17(22)14(11-20)10-12-2-6-15(19)7-3-12/h2-10H,1H3,(H,21,22)/b14-10+. The largest absolute Gasteiger partial charge is 0.465 e. The summed E-state index contributed by atoms with van der Waals surface area (Å²) in [4.78, 5) is 23.5. The van der Waals surface area contributed by atoms with Crippen LogP contribution in [0.4, 0.5) is 10.1 Å². The van der Waals surface area contributed by atoms with Crippen LogP contribution in [0.25, 0.3) is 6.08 Å². The minimum Gasteiger partial charge on any atom is -0.465 e. The Morgan fingerprint density at radius 1 is 1.12 bits per heavy atom. The number of amides is 1. The molecule has 0 aliphatic carbocycles. The zero-order valence-electron chi connectivity index (χ0n) is 12.7. The number of esters is 1. The van der Waals surface area contributed by atoms with Crippen molar-refractivity contribution in [1.82, 2.24) is 0 Å². The van der Waals surface area contributed by atoms with Crippen molar-refractivity contribution in [2.24, 2.45) is 0 Å². The maximum absolute atomic E-state index is 12.9. The van der Waals surface area contributed by atoms with Crippen LogP contribution in [0.1, 0.15) is 15.9 Å². The van der Waals surface area contributed by atoms with Crippen LogP contribution in [0.5, 0.6) is 0 Å². The number of methoxy groups -OCH3 is 1. The first-order valence-corrected chi connectivity index (χ1v) is 6.90. The van der Waals surface area contributed by atoms with E-state index in [1.54, 1.807) is 6.07 Å². The predicted octanol–water partition coefficient (Wildman–Crippen LogP) is 3.16. The molecule has 1 amide bonds. The van der Waals surface area contributed by atoms with E-state index >= 15 is 0 Å². The van der Waals surface area contributed by atoms with E-state index in [4.69, 9.17) is 5.26 Å². The Hall–Kier alpha value is -3.46. The third-order valence-electron chi connectivity index (χ3n) is 3.11. The summed E-state index contributed by atoms with van der Waals surface area (Å²) in [7, 11) is 1.28. The SMILES string of the molecule is COC(=O)c1ccc(NC(=O)/C(C#N)=C/c2ccc(F)cc2)cc1. The molecule has 0 saturated heterocycles. The second-order valence-corrected chi connectivity index (χ2v) is 4.74. The minimum absolute atomic E-state index is 0.126. The average molecular weight is 324 g/mol. The van der Waals surface area contributed by atoms with Gasteiger partial charge in [0.1, 0.15) is 17.5 Å². The molecule has 24 heavy (non-hydrogen) atoms. The summed E-state index contributed by atoms with van der Waals surface area (Å²) < 4.78 is 17.5. The van der Waals surface area contributed by atoms with Crippen LogP contribution >= 0.6 is 0 Å². The molecule has 2 rings (SSSR count). The molecule has 0 aromatic heterocycles. The van der Waals surface area contributed by atoms with E-state index in [0.29, 0.717) is 16.8 Å². The zero-order chi connectivity index (χ0) is 17.5. The van der Waals surface area contributed by atoms with Crippen molar-refractivity contribution in [3.05, 3.63) is 71.0 Å². The highest BCUT2D eigenvalue weighted by Crippen LogP contribution is 2.13. The molecule has 0 bridgehead atoms. The van der Waals surface area contributed by atoms with Gasteiger partial charge in [-0.3, -0.25) is 4.79 Å². The van der Waals surface area contributed by atoms with Crippen molar-refractivity contribution in [1.29, 1.82) is 5.26 Å². The molecule has 5 nitrogen and oxygen atoms in total. The summed E-state index contributed by atoms with van der Waals surface area (Å²) in [6.45, 7) is 0. The Balaban J connectivity index is 2.13. The van der Waals surface area contributed by atoms with Gasteiger partial charge in [0, 0.05) is 5.69 Å². The van der Waals surface area contributed by atoms with Crippen molar-refractivity contribution in [2.45, 2.75) is 0 Å². The van der Waals surface area contributed by atoms with Gasteiger partial charge in [-0.05, 0) is 48.0 Å². The van der Waals surface area contributed by atoms with Gasteiger partial charge in [-0.2, -0.15) is 5.26 Å². The van der Waals surface area contributed by atoms with E-state index < -0.39 is 17.7 Å². The highest BCUT2D eigenvalue weighted by atomic mass is 19.1. The molecule has 0 saturated carbocycles. The first-order valence-electron chi connectivity index (χ1n) is 6.90. The maximum atomic E-state index is 12.9. The van der Waals surface area contributed by atoms with Crippen LogP contribution in [0.3, 0.4) is 0 Å². The number of nitrogens with one attached hydrogen (secondary N) is 1.